The summed E-state index contributed by atoms with van der Waals surface area (Å²) in [5.41, 5.74) is 1.23. The van der Waals surface area contributed by atoms with Crippen LogP contribution >= 0.6 is 0 Å². The summed E-state index contributed by atoms with van der Waals surface area (Å²) < 4.78 is 5.75. The van der Waals surface area contributed by atoms with Gasteiger partial charge < -0.3 is 4.74 Å². The Morgan fingerprint density at radius 1 is 1.29 bits per heavy atom. The van der Waals surface area contributed by atoms with E-state index in [0.717, 1.165) is 24.4 Å². The summed E-state index contributed by atoms with van der Waals surface area (Å²) in [6.07, 6.45) is 8.33. The fourth-order valence-electron chi connectivity index (χ4n) is 1.50. The first-order valence-electron chi connectivity index (χ1n) is 4.95. The standard InChI is InChI=1S/C13H14O/c1-11-6-5-9-13(10-11)14-12-7-3-2-4-8-12/h2-3,5-7,9-10H,4,8H2,1H3. The average Bonchev–Trinajstić information content (AvgIpc) is 2.19. The van der Waals surface area contributed by atoms with Crippen LogP contribution in [0.4, 0.5) is 0 Å². The molecule has 14 heavy (non-hydrogen) atoms. The molecule has 0 aromatic heterocycles. The van der Waals surface area contributed by atoms with Crippen LogP contribution in [0.15, 0.2) is 48.3 Å². The van der Waals surface area contributed by atoms with Crippen LogP contribution in [-0.2, 0) is 0 Å². The number of hydrogen-bond donors (Lipinski definition) is 0. The van der Waals surface area contributed by atoms with E-state index in [2.05, 4.69) is 31.2 Å². The third kappa shape index (κ3) is 2.25. The Kier molecular flexibility index (Phi) is 2.68. The summed E-state index contributed by atoms with van der Waals surface area (Å²) in [6, 6.07) is 8.14. The highest BCUT2D eigenvalue weighted by molar-refractivity contribution is 5.30. The van der Waals surface area contributed by atoms with Gasteiger partial charge in [-0.2, -0.15) is 0 Å². The van der Waals surface area contributed by atoms with Gasteiger partial charge in [0.2, 0.25) is 0 Å². The van der Waals surface area contributed by atoms with E-state index in [0.29, 0.717) is 0 Å². The number of benzene rings is 1. The molecule has 0 radical (unpaired) electrons. The lowest BCUT2D eigenvalue weighted by atomic mass is 10.1. The van der Waals surface area contributed by atoms with Gasteiger partial charge in [-0.05, 0) is 37.1 Å². The highest BCUT2D eigenvalue weighted by atomic mass is 16.5. The van der Waals surface area contributed by atoms with Crippen LogP contribution < -0.4 is 4.74 Å². The second kappa shape index (κ2) is 4.14. The molecule has 72 valence electrons. The number of rotatable bonds is 2. The molecule has 1 aliphatic rings. The van der Waals surface area contributed by atoms with E-state index in [-0.39, 0.29) is 0 Å². The third-order valence-electron chi connectivity index (χ3n) is 2.21. The first-order valence-corrected chi connectivity index (χ1v) is 4.95. The van der Waals surface area contributed by atoms with Crippen molar-refractivity contribution in [2.75, 3.05) is 0 Å². The van der Waals surface area contributed by atoms with Crippen molar-refractivity contribution in [1.82, 2.24) is 0 Å². The molecule has 0 atom stereocenters. The molecule has 1 nitrogen and oxygen atoms in total. The molecular weight excluding hydrogens is 172 g/mol. The molecule has 0 amide bonds. The van der Waals surface area contributed by atoms with Crippen molar-refractivity contribution in [3.63, 3.8) is 0 Å². The van der Waals surface area contributed by atoms with Crippen LogP contribution in [0.25, 0.3) is 0 Å². The van der Waals surface area contributed by atoms with Crippen LogP contribution in [0.1, 0.15) is 18.4 Å². The summed E-state index contributed by atoms with van der Waals surface area (Å²) in [6.45, 7) is 2.07. The van der Waals surface area contributed by atoms with Crippen LogP contribution in [-0.4, -0.2) is 0 Å². The van der Waals surface area contributed by atoms with Gasteiger partial charge in [0, 0.05) is 6.42 Å². The van der Waals surface area contributed by atoms with E-state index in [1.54, 1.807) is 0 Å². The molecule has 1 aliphatic carbocycles. The van der Waals surface area contributed by atoms with E-state index in [1.165, 1.54) is 5.56 Å². The minimum atomic E-state index is 0.937. The zero-order valence-corrected chi connectivity index (χ0v) is 8.36. The van der Waals surface area contributed by atoms with E-state index in [9.17, 15) is 0 Å². The predicted molar refractivity (Wildman–Crippen MR) is 58.3 cm³/mol. The van der Waals surface area contributed by atoms with Crippen molar-refractivity contribution in [1.29, 1.82) is 0 Å². The van der Waals surface area contributed by atoms with Crippen molar-refractivity contribution < 1.29 is 4.74 Å². The van der Waals surface area contributed by atoms with Crippen LogP contribution in [0.2, 0.25) is 0 Å². The molecule has 0 unspecified atom stereocenters. The monoisotopic (exact) mass is 186 g/mol. The molecule has 0 N–H and O–H groups in total. The summed E-state index contributed by atoms with van der Waals surface area (Å²) in [7, 11) is 0. The highest BCUT2D eigenvalue weighted by Gasteiger charge is 2.01. The molecule has 1 heteroatoms. The second-order valence-electron chi connectivity index (χ2n) is 3.52. The van der Waals surface area contributed by atoms with Gasteiger partial charge in [-0.3, -0.25) is 0 Å². The van der Waals surface area contributed by atoms with Gasteiger partial charge in [-0.25, -0.2) is 0 Å². The molecule has 1 aromatic rings. The molecular formula is C13H14O. The van der Waals surface area contributed by atoms with Crippen LogP contribution in [0.3, 0.4) is 0 Å². The van der Waals surface area contributed by atoms with Crippen molar-refractivity contribution in [2.45, 2.75) is 19.8 Å². The molecule has 0 aliphatic heterocycles. The van der Waals surface area contributed by atoms with Gasteiger partial charge in [-0.1, -0.05) is 24.3 Å². The smallest absolute Gasteiger partial charge is 0.127 e. The molecule has 0 heterocycles. The fraction of sp³-hybridized carbons (Fsp3) is 0.231. The maximum atomic E-state index is 5.75. The minimum Gasteiger partial charge on any atom is -0.462 e. The zero-order chi connectivity index (χ0) is 9.80. The van der Waals surface area contributed by atoms with E-state index in [1.807, 2.05) is 18.2 Å². The molecule has 2 rings (SSSR count). The third-order valence-corrected chi connectivity index (χ3v) is 2.21. The lowest BCUT2D eigenvalue weighted by molar-refractivity contribution is 0.402. The SMILES string of the molecule is Cc1cccc(OC2=CC=CCC2)c1. The van der Waals surface area contributed by atoms with Gasteiger partial charge in [0.05, 0.1) is 0 Å². The van der Waals surface area contributed by atoms with Crippen molar-refractivity contribution >= 4 is 0 Å². The van der Waals surface area contributed by atoms with Gasteiger partial charge >= 0.3 is 0 Å². The first kappa shape index (κ1) is 9.07. The molecule has 0 saturated heterocycles. The average molecular weight is 186 g/mol. The largest absolute Gasteiger partial charge is 0.462 e. The second-order valence-corrected chi connectivity index (χ2v) is 3.52. The summed E-state index contributed by atoms with van der Waals surface area (Å²) in [5, 5.41) is 0. The predicted octanol–water partition coefficient (Wildman–Crippen LogP) is 3.61. The number of ether oxygens (including phenoxy) is 1. The normalized spacial score (nSPS) is 15.1. The Morgan fingerprint density at radius 3 is 2.93 bits per heavy atom. The van der Waals surface area contributed by atoms with Crippen molar-refractivity contribution in [3.8, 4) is 5.75 Å². The van der Waals surface area contributed by atoms with E-state index < -0.39 is 0 Å². The van der Waals surface area contributed by atoms with Gasteiger partial charge in [0.1, 0.15) is 11.5 Å². The number of hydrogen-bond acceptors (Lipinski definition) is 1. The zero-order valence-electron chi connectivity index (χ0n) is 8.36. The molecule has 0 fully saturated rings. The Hall–Kier alpha value is -1.50. The maximum Gasteiger partial charge on any atom is 0.127 e. The van der Waals surface area contributed by atoms with Crippen LogP contribution in [0, 0.1) is 6.92 Å². The minimum absolute atomic E-state index is 0.937. The molecule has 1 aromatic carbocycles. The molecule has 0 spiro atoms. The molecule has 0 saturated carbocycles. The lowest BCUT2D eigenvalue weighted by Crippen LogP contribution is -1.97. The van der Waals surface area contributed by atoms with Gasteiger partial charge in [-0.15, -0.1) is 0 Å². The Labute approximate surface area is 84.7 Å². The van der Waals surface area contributed by atoms with Crippen LogP contribution in [0.5, 0.6) is 5.75 Å². The Morgan fingerprint density at radius 2 is 2.21 bits per heavy atom. The number of aryl methyl sites for hydroxylation is 1. The van der Waals surface area contributed by atoms with E-state index >= 15 is 0 Å². The number of allylic oxidation sites excluding steroid dienone is 4. The first-order chi connectivity index (χ1) is 6.84. The van der Waals surface area contributed by atoms with Gasteiger partial charge in [0.25, 0.3) is 0 Å². The summed E-state index contributed by atoms with van der Waals surface area (Å²) in [4.78, 5) is 0. The topological polar surface area (TPSA) is 9.23 Å². The molecule has 0 bridgehead atoms. The summed E-state index contributed by atoms with van der Waals surface area (Å²) in [5.74, 6) is 1.99. The van der Waals surface area contributed by atoms with Crippen molar-refractivity contribution in [3.05, 3.63) is 53.8 Å². The maximum absolute atomic E-state index is 5.75. The Balaban J connectivity index is 2.10. The fourth-order valence-corrected chi connectivity index (χ4v) is 1.50. The van der Waals surface area contributed by atoms with Crippen molar-refractivity contribution in [2.24, 2.45) is 0 Å². The summed E-state index contributed by atoms with van der Waals surface area (Å²) >= 11 is 0. The van der Waals surface area contributed by atoms with E-state index in [4.69, 9.17) is 4.74 Å². The quantitative estimate of drug-likeness (QED) is 0.685. The lowest BCUT2D eigenvalue weighted by Gasteiger charge is -2.11. The van der Waals surface area contributed by atoms with Gasteiger partial charge in [0.15, 0.2) is 0 Å². The highest BCUT2D eigenvalue weighted by Crippen LogP contribution is 2.19. The Bertz CT molecular complexity index is 375.